The molecule has 100 valence electrons. The van der Waals surface area contributed by atoms with E-state index in [1.54, 1.807) is 0 Å². The van der Waals surface area contributed by atoms with Gasteiger partial charge in [-0.3, -0.25) is 4.79 Å². The van der Waals surface area contributed by atoms with Crippen molar-refractivity contribution in [3.63, 3.8) is 0 Å². The fraction of sp³-hybridized carbons (Fsp3) is 0.300. The van der Waals surface area contributed by atoms with Gasteiger partial charge in [0.15, 0.2) is 6.10 Å². The van der Waals surface area contributed by atoms with Crippen LogP contribution in [0.3, 0.4) is 0 Å². The Hall–Kier alpha value is -0.790. The molecule has 1 aromatic carbocycles. The lowest BCUT2D eigenvalue weighted by Gasteiger charge is -2.15. The molecule has 8 heteroatoms. The summed E-state index contributed by atoms with van der Waals surface area (Å²) in [6.45, 7) is -0.900. The monoisotopic (exact) mass is 345 g/mol. The van der Waals surface area contributed by atoms with Crippen LogP contribution in [0.4, 0.5) is 13.2 Å². The number of halogens is 5. The summed E-state index contributed by atoms with van der Waals surface area (Å²) in [5, 5.41) is 11.1. The number of alkyl halides is 3. The average Bonchev–Trinajstić information content (AvgIpc) is 2.27. The molecule has 0 saturated heterocycles. The Balaban J connectivity index is 2.63. The van der Waals surface area contributed by atoms with E-state index in [2.05, 4.69) is 15.9 Å². The first-order valence-corrected chi connectivity index (χ1v) is 5.87. The zero-order valence-electron chi connectivity index (χ0n) is 8.76. The molecular weight excluding hydrogens is 338 g/mol. The Labute approximate surface area is 114 Å². The zero-order valence-corrected chi connectivity index (χ0v) is 11.1. The average molecular weight is 347 g/mol. The summed E-state index contributed by atoms with van der Waals surface area (Å²) in [6.07, 6.45) is -7.34. The van der Waals surface area contributed by atoms with E-state index in [-0.39, 0.29) is 5.56 Å². The Morgan fingerprint density at radius 2 is 2.11 bits per heavy atom. The predicted octanol–water partition coefficient (Wildman–Crippen LogP) is 2.76. The van der Waals surface area contributed by atoms with E-state index in [0.29, 0.717) is 9.50 Å². The van der Waals surface area contributed by atoms with Crippen molar-refractivity contribution in [2.45, 2.75) is 12.3 Å². The minimum Gasteiger partial charge on any atom is -0.382 e. The van der Waals surface area contributed by atoms with E-state index in [4.69, 9.17) is 16.7 Å². The Kier molecular flexibility index (Phi) is 5.01. The predicted molar refractivity (Wildman–Crippen MR) is 63.5 cm³/mol. The first-order valence-electron chi connectivity index (χ1n) is 4.70. The van der Waals surface area contributed by atoms with Crippen LogP contribution in [-0.2, 0) is 0 Å². The van der Waals surface area contributed by atoms with Gasteiger partial charge in [-0.05, 0) is 34.1 Å². The smallest absolute Gasteiger partial charge is 0.382 e. The number of rotatable bonds is 3. The van der Waals surface area contributed by atoms with Gasteiger partial charge in [0.1, 0.15) is 0 Å². The highest BCUT2D eigenvalue weighted by Gasteiger charge is 2.38. The number of hydrogen-bond donors (Lipinski definition) is 2. The number of aliphatic hydroxyl groups excluding tert-OH is 1. The van der Waals surface area contributed by atoms with Gasteiger partial charge in [0.25, 0.3) is 5.91 Å². The topological polar surface area (TPSA) is 49.3 Å². The molecule has 0 spiro atoms. The van der Waals surface area contributed by atoms with Gasteiger partial charge >= 0.3 is 6.18 Å². The Bertz CT molecular complexity index is 453. The molecule has 1 atom stereocenters. The fourth-order valence-electron chi connectivity index (χ4n) is 1.04. The summed E-state index contributed by atoms with van der Waals surface area (Å²) in [4.78, 5) is 11.5. The molecule has 0 radical (unpaired) electrons. The first-order chi connectivity index (χ1) is 8.21. The molecule has 1 unspecified atom stereocenters. The van der Waals surface area contributed by atoms with Crippen molar-refractivity contribution >= 4 is 33.4 Å². The van der Waals surface area contributed by atoms with Crippen LogP contribution in [0.5, 0.6) is 0 Å². The Morgan fingerprint density at radius 1 is 1.50 bits per heavy atom. The third kappa shape index (κ3) is 4.15. The number of carbonyl (C=O) groups excluding carboxylic acids is 1. The SMILES string of the molecule is O=C(NCC(O)C(F)(F)F)c1ccc(Cl)c(Br)c1. The highest BCUT2D eigenvalue weighted by Crippen LogP contribution is 2.23. The highest BCUT2D eigenvalue weighted by molar-refractivity contribution is 9.10. The normalized spacial score (nSPS) is 13.2. The number of carbonyl (C=O) groups is 1. The minimum atomic E-state index is -4.76. The molecule has 0 heterocycles. The maximum atomic E-state index is 12.0. The lowest BCUT2D eigenvalue weighted by Crippen LogP contribution is -2.40. The molecule has 0 aliphatic carbocycles. The van der Waals surface area contributed by atoms with Crippen molar-refractivity contribution in [2.24, 2.45) is 0 Å². The summed E-state index contributed by atoms with van der Waals surface area (Å²) >= 11 is 8.79. The molecular formula is C10H8BrClF3NO2. The van der Waals surface area contributed by atoms with E-state index in [9.17, 15) is 18.0 Å². The summed E-state index contributed by atoms with van der Waals surface area (Å²) in [5.41, 5.74) is 0.139. The van der Waals surface area contributed by atoms with Gasteiger partial charge in [-0.2, -0.15) is 13.2 Å². The minimum absolute atomic E-state index is 0.139. The fourth-order valence-corrected chi connectivity index (χ4v) is 1.54. The van der Waals surface area contributed by atoms with Crippen LogP contribution < -0.4 is 5.32 Å². The second kappa shape index (κ2) is 5.90. The molecule has 3 nitrogen and oxygen atoms in total. The van der Waals surface area contributed by atoms with Crippen LogP contribution in [0, 0.1) is 0 Å². The van der Waals surface area contributed by atoms with Crippen molar-refractivity contribution in [3.8, 4) is 0 Å². The highest BCUT2D eigenvalue weighted by atomic mass is 79.9. The molecule has 2 N–H and O–H groups in total. The standard InChI is InChI=1S/C10H8BrClF3NO2/c11-6-3-5(1-2-7(6)12)9(18)16-4-8(17)10(13,14)15/h1-3,8,17H,4H2,(H,16,18). The summed E-state index contributed by atoms with van der Waals surface area (Å²) in [7, 11) is 0. The van der Waals surface area contributed by atoms with E-state index in [1.165, 1.54) is 18.2 Å². The maximum Gasteiger partial charge on any atom is 0.416 e. The second-order valence-electron chi connectivity index (χ2n) is 3.40. The maximum absolute atomic E-state index is 12.0. The van der Waals surface area contributed by atoms with Crippen LogP contribution in [0.1, 0.15) is 10.4 Å². The lowest BCUT2D eigenvalue weighted by atomic mass is 10.2. The van der Waals surface area contributed by atoms with Gasteiger partial charge in [0.05, 0.1) is 11.6 Å². The number of hydrogen-bond acceptors (Lipinski definition) is 2. The van der Waals surface area contributed by atoms with Crippen LogP contribution in [0.15, 0.2) is 22.7 Å². The Morgan fingerprint density at radius 3 is 2.61 bits per heavy atom. The van der Waals surface area contributed by atoms with Gasteiger partial charge in [-0.1, -0.05) is 11.6 Å². The van der Waals surface area contributed by atoms with E-state index < -0.39 is 24.7 Å². The van der Waals surface area contributed by atoms with Gasteiger partial charge in [0, 0.05) is 10.0 Å². The van der Waals surface area contributed by atoms with E-state index >= 15 is 0 Å². The number of amides is 1. The number of nitrogens with one attached hydrogen (secondary N) is 1. The van der Waals surface area contributed by atoms with Crippen LogP contribution in [0.2, 0.25) is 5.02 Å². The molecule has 0 aliphatic rings. The largest absolute Gasteiger partial charge is 0.416 e. The molecule has 0 aliphatic heterocycles. The summed E-state index contributed by atoms with van der Waals surface area (Å²) < 4.78 is 36.4. The van der Waals surface area contributed by atoms with Gasteiger partial charge < -0.3 is 10.4 Å². The zero-order chi connectivity index (χ0) is 13.9. The van der Waals surface area contributed by atoms with Crippen molar-refractivity contribution in [2.75, 3.05) is 6.54 Å². The van der Waals surface area contributed by atoms with Crippen molar-refractivity contribution in [1.82, 2.24) is 5.32 Å². The van der Waals surface area contributed by atoms with Crippen LogP contribution in [-0.4, -0.2) is 29.8 Å². The van der Waals surface area contributed by atoms with E-state index in [0.717, 1.165) is 0 Å². The third-order valence-corrected chi connectivity index (χ3v) is 3.23. The van der Waals surface area contributed by atoms with E-state index in [1.807, 2.05) is 5.32 Å². The number of aliphatic hydroxyl groups is 1. The molecule has 1 aromatic rings. The van der Waals surface area contributed by atoms with Crippen molar-refractivity contribution in [1.29, 1.82) is 0 Å². The number of benzene rings is 1. The van der Waals surface area contributed by atoms with Gasteiger partial charge in [-0.25, -0.2) is 0 Å². The van der Waals surface area contributed by atoms with Gasteiger partial charge in [0.2, 0.25) is 0 Å². The first kappa shape index (κ1) is 15.3. The third-order valence-electron chi connectivity index (χ3n) is 2.02. The lowest BCUT2D eigenvalue weighted by molar-refractivity contribution is -0.201. The second-order valence-corrected chi connectivity index (χ2v) is 4.66. The van der Waals surface area contributed by atoms with Gasteiger partial charge in [-0.15, -0.1) is 0 Å². The van der Waals surface area contributed by atoms with Crippen molar-refractivity contribution < 1.29 is 23.1 Å². The van der Waals surface area contributed by atoms with Crippen LogP contribution >= 0.6 is 27.5 Å². The quantitative estimate of drug-likeness (QED) is 0.884. The summed E-state index contributed by atoms with van der Waals surface area (Å²) in [6, 6.07) is 4.17. The molecule has 0 aromatic heterocycles. The van der Waals surface area contributed by atoms with Crippen LogP contribution in [0.25, 0.3) is 0 Å². The molecule has 1 amide bonds. The molecule has 0 bridgehead atoms. The van der Waals surface area contributed by atoms with Crippen molar-refractivity contribution in [3.05, 3.63) is 33.3 Å². The molecule has 0 saturated carbocycles. The molecule has 1 rings (SSSR count). The molecule has 18 heavy (non-hydrogen) atoms. The molecule has 0 fully saturated rings. The summed E-state index contributed by atoms with van der Waals surface area (Å²) in [5.74, 6) is -0.726.